The van der Waals surface area contributed by atoms with Gasteiger partial charge in [-0.15, -0.1) is 0 Å². The van der Waals surface area contributed by atoms with Gasteiger partial charge in [0.1, 0.15) is 11.5 Å². The molecular weight excluding hydrogens is 656 g/mol. The summed E-state index contributed by atoms with van der Waals surface area (Å²) in [6.45, 7) is 6.52. The molecule has 2 rings (SSSR count). The Morgan fingerprint density at radius 1 is 0.519 bits per heavy atom. The highest BCUT2D eigenvalue weighted by molar-refractivity contribution is 5.99. The Labute approximate surface area is 312 Å². The molecule has 4 amide bonds. The first-order valence-corrected chi connectivity index (χ1v) is 20.0. The Kier molecular flexibility index (Phi) is 22.6. The van der Waals surface area contributed by atoms with E-state index < -0.39 is 29.5 Å². The third kappa shape index (κ3) is 17.9. The van der Waals surface area contributed by atoms with Crippen LogP contribution < -0.4 is 21.7 Å². The van der Waals surface area contributed by atoms with Crippen molar-refractivity contribution in [3.8, 4) is 11.5 Å². The summed E-state index contributed by atoms with van der Waals surface area (Å²) >= 11 is 0. The molecule has 0 aliphatic rings. The van der Waals surface area contributed by atoms with Gasteiger partial charge in [-0.3, -0.25) is 40.9 Å². The maximum absolute atomic E-state index is 13.3. The molecule has 0 aliphatic carbocycles. The van der Waals surface area contributed by atoms with Gasteiger partial charge in [0.15, 0.2) is 0 Å². The molecule has 0 spiro atoms. The van der Waals surface area contributed by atoms with Crippen LogP contribution in [0, 0.1) is 5.92 Å². The first-order chi connectivity index (χ1) is 25.2. The van der Waals surface area contributed by atoms with Crippen molar-refractivity contribution < 1.29 is 29.4 Å². The molecule has 1 atom stereocenters. The molecule has 0 saturated heterocycles. The molecule has 0 aromatic heterocycles. The Morgan fingerprint density at radius 3 is 1.38 bits per heavy atom. The molecule has 0 radical (unpaired) electrons. The largest absolute Gasteiger partial charge is 0.507 e. The predicted octanol–water partition coefficient (Wildman–Crippen LogP) is 8.88. The van der Waals surface area contributed by atoms with Gasteiger partial charge in [0.05, 0.1) is 11.1 Å². The first-order valence-electron chi connectivity index (χ1n) is 20.0. The van der Waals surface area contributed by atoms with Crippen LogP contribution in [0.1, 0.15) is 181 Å². The minimum atomic E-state index is -0.773. The van der Waals surface area contributed by atoms with Gasteiger partial charge in [0.25, 0.3) is 11.8 Å². The van der Waals surface area contributed by atoms with E-state index in [-0.39, 0.29) is 29.0 Å². The topological polar surface area (TPSA) is 157 Å². The molecule has 0 bridgehead atoms. The number of aryl methyl sites for hydroxylation is 2. The number of hydrogen-bond acceptors (Lipinski definition) is 6. The number of phenols is 2. The van der Waals surface area contributed by atoms with Crippen molar-refractivity contribution in [2.75, 3.05) is 0 Å². The van der Waals surface area contributed by atoms with E-state index in [0.29, 0.717) is 6.42 Å². The maximum Gasteiger partial charge on any atom is 0.273 e. The number of carbonyl (C=O) groups is 4. The number of benzene rings is 2. The van der Waals surface area contributed by atoms with Gasteiger partial charge in [-0.2, -0.15) is 0 Å². The van der Waals surface area contributed by atoms with Crippen molar-refractivity contribution in [1.82, 2.24) is 21.7 Å². The Bertz CT molecular complexity index is 1360. The standard InChI is InChI=1S/C42H66N4O6/c1-4-7-10-13-16-19-22-32-25-27-37(47)35(29-32)41(51)45-43-39(49)31-34(24-21-18-15-12-9-6-3)40(50)44-46-42(52)36-30-33(26-28-38(36)48)23-20-17-14-11-8-5-2/h25-30,34,47-48H,4-24,31H2,1-3H3,(H,43,49)(H,44,50)(H,45,51)(H,46,52). The average molecular weight is 723 g/mol. The Balaban J connectivity index is 1.96. The third-order valence-corrected chi connectivity index (χ3v) is 9.57. The molecule has 1 unspecified atom stereocenters. The number of carbonyl (C=O) groups excluding carboxylic acids is 4. The number of hydrogen-bond donors (Lipinski definition) is 6. The van der Waals surface area contributed by atoms with Gasteiger partial charge in [0.2, 0.25) is 11.8 Å². The number of phenolic OH excluding ortho intramolecular Hbond substituents is 2. The molecule has 6 N–H and O–H groups in total. The highest BCUT2D eigenvalue weighted by atomic mass is 16.3. The van der Waals surface area contributed by atoms with E-state index in [0.717, 1.165) is 88.2 Å². The Morgan fingerprint density at radius 2 is 0.923 bits per heavy atom. The van der Waals surface area contributed by atoms with Crippen LogP contribution in [0.4, 0.5) is 0 Å². The molecule has 290 valence electrons. The number of amides is 4. The molecule has 2 aromatic carbocycles. The SMILES string of the molecule is CCCCCCCCc1ccc(O)c(C(=O)NNC(=O)CC(CCCCCCCC)C(=O)NNC(=O)c2cc(CCCCCCCC)ccc2O)c1. The van der Waals surface area contributed by atoms with Crippen molar-refractivity contribution in [1.29, 1.82) is 0 Å². The van der Waals surface area contributed by atoms with E-state index in [9.17, 15) is 29.4 Å². The van der Waals surface area contributed by atoms with Crippen molar-refractivity contribution in [3.05, 3.63) is 58.7 Å². The quantitative estimate of drug-likeness (QED) is 0.0421. The molecule has 2 aromatic rings. The van der Waals surface area contributed by atoms with Gasteiger partial charge < -0.3 is 10.2 Å². The van der Waals surface area contributed by atoms with Crippen molar-refractivity contribution in [2.24, 2.45) is 5.92 Å². The zero-order valence-electron chi connectivity index (χ0n) is 32.1. The lowest BCUT2D eigenvalue weighted by atomic mass is 9.96. The van der Waals surface area contributed by atoms with E-state index in [4.69, 9.17) is 0 Å². The average Bonchev–Trinajstić information content (AvgIpc) is 3.14. The van der Waals surface area contributed by atoms with E-state index >= 15 is 0 Å². The number of hydrazine groups is 2. The van der Waals surface area contributed by atoms with Gasteiger partial charge in [0, 0.05) is 12.3 Å². The lowest BCUT2D eigenvalue weighted by Crippen LogP contribution is -2.47. The van der Waals surface area contributed by atoms with Crippen LogP contribution >= 0.6 is 0 Å². The highest BCUT2D eigenvalue weighted by Crippen LogP contribution is 2.22. The third-order valence-electron chi connectivity index (χ3n) is 9.57. The van der Waals surface area contributed by atoms with Crippen LogP contribution in [0.3, 0.4) is 0 Å². The summed E-state index contributed by atoms with van der Waals surface area (Å²) in [7, 11) is 0. The summed E-state index contributed by atoms with van der Waals surface area (Å²) in [6, 6.07) is 9.88. The van der Waals surface area contributed by atoms with Crippen LogP contribution in [-0.4, -0.2) is 33.8 Å². The van der Waals surface area contributed by atoms with E-state index in [1.807, 2.05) is 0 Å². The van der Waals surface area contributed by atoms with Gasteiger partial charge in [-0.25, -0.2) is 0 Å². The summed E-state index contributed by atoms with van der Waals surface area (Å²) in [6.07, 6.45) is 21.6. The van der Waals surface area contributed by atoms with Crippen LogP contribution in [0.15, 0.2) is 36.4 Å². The highest BCUT2D eigenvalue weighted by Gasteiger charge is 2.24. The maximum atomic E-state index is 13.3. The smallest absolute Gasteiger partial charge is 0.273 e. The van der Waals surface area contributed by atoms with E-state index in [2.05, 4.69) is 42.5 Å². The van der Waals surface area contributed by atoms with Crippen LogP contribution in [0.2, 0.25) is 0 Å². The fourth-order valence-electron chi connectivity index (χ4n) is 6.31. The van der Waals surface area contributed by atoms with Gasteiger partial charge in [-0.05, 0) is 67.5 Å². The molecule has 0 aliphatic heterocycles. The molecule has 10 nitrogen and oxygen atoms in total. The second kappa shape index (κ2) is 26.7. The number of aromatic hydroxyl groups is 2. The minimum absolute atomic E-state index is 0.0622. The molecule has 10 heteroatoms. The minimum Gasteiger partial charge on any atom is -0.507 e. The second-order valence-electron chi connectivity index (χ2n) is 14.1. The lowest BCUT2D eigenvalue weighted by Gasteiger charge is -2.18. The molecule has 0 saturated carbocycles. The second-order valence-corrected chi connectivity index (χ2v) is 14.1. The fraction of sp³-hybridized carbons (Fsp3) is 0.619. The normalized spacial score (nSPS) is 11.5. The monoisotopic (exact) mass is 722 g/mol. The summed E-state index contributed by atoms with van der Waals surface area (Å²) in [4.78, 5) is 52.2. The summed E-state index contributed by atoms with van der Waals surface area (Å²) < 4.78 is 0. The lowest BCUT2D eigenvalue weighted by molar-refractivity contribution is -0.131. The van der Waals surface area contributed by atoms with E-state index in [1.54, 1.807) is 24.3 Å². The fourth-order valence-corrected chi connectivity index (χ4v) is 6.31. The van der Waals surface area contributed by atoms with Crippen LogP contribution in [0.25, 0.3) is 0 Å². The number of nitrogens with one attached hydrogen (secondary N) is 4. The van der Waals surface area contributed by atoms with Crippen LogP contribution in [0.5, 0.6) is 11.5 Å². The molecule has 52 heavy (non-hydrogen) atoms. The summed E-state index contributed by atoms with van der Waals surface area (Å²) in [5.74, 6) is -3.56. The molecule has 0 heterocycles. The first kappa shape index (κ1) is 44.1. The zero-order valence-corrected chi connectivity index (χ0v) is 32.1. The van der Waals surface area contributed by atoms with Gasteiger partial charge in [-0.1, -0.05) is 136 Å². The summed E-state index contributed by atoms with van der Waals surface area (Å²) in [5, 5.41) is 20.7. The molecule has 0 fully saturated rings. The van der Waals surface area contributed by atoms with Crippen molar-refractivity contribution >= 4 is 23.6 Å². The van der Waals surface area contributed by atoms with E-state index in [1.165, 1.54) is 63.5 Å². The predicted molar refractivity (Wildman–Crippen MR) is 208 cm³/mol. The van der Waals surface area contributed by atoms with Gasteiger partial charge >= 0.3 is 0 Å². The number of rotatable bonds is 26. The number of unbranched alkanes of at least 4 members (excludes halogenated alkanes) is 15. The van der Waals surface area contributed by atoms with Crippen molar-refractivity contribution in [3.63, 3.8) is 0 Å². The zero-order chi connectivity index (χ0) is 38.0. The van der Waals surface area contributed by atoms with Crippen molar-refractivity contribution in [2.45, 2.75) is 162 Å². The molecular formula is C42H66N4O6. The Hall–Kier alpha value is -4.08. The summed E-state index contributed by atoms with van der Waals surface area (Å²) in [5.41, 5.74) is 11.6. The van der Waals surface area contributed by atoms with Crippen LogP contribution in [-0.2, 0) is 22.4 Å².